The van der Waals surface area contributed by atoms with Gasteiger partial charge in [-0.15, -0.1) is 0 Å². The van der Waals surface area contributed by atoms with E-state index in [0.29, 0.717) is 135 Å². The molecule has 31 heteroatoms. The van der Waals surface area contributed by atoms with E-state index in [1.54, 1.807) is 25.7 Å². The Morgan fingerprint density at radius 2 is 0.676 bits per heavy atom. The molecule has 0 aromatic carbocycles. The number of ketones is 5. The molecule has 17 atom stereocenters. The maximum atomic E-state index is 14.1. The molecule has 0 bridgehead atoms. The standard InChI is InChI=1S/C80H141N3O28/c1-55-71(97)74(100)65(49-85)109-77(55)106-39-21-18-29-59(88)25-13-10-15-27-61(90)34-42-103-52-80(46-63(92)31-12-8-6-4-5-7-9-17-33-70(96)83-47-64(93)45-58(83)48-84,53-104-43-35-62(91)28-16-11-14-26-60(89)30-19-22-40-107-78-56(2)72(98)75(101)66(50-86)110-78)54-105-44-36-69(95)82-38-24-37-81-68(94)32-20-23-41-108-79-57(3)73(99)76(102)67(51-87)111-79/h55-58,64-67,71-79,84-87,93,97-102H,4-54H2,1-3H3,(H,81,94)(H,82,95)/t55?,56?,57?,58-,64+,65?,66?,67?,71?,72?,73?,74?,75?,76?,77?,78?,79?,80?/m0/s1. The van der Waals surface area contributed by atoms with Crippen LogP contribution in [0.5, 0.6) is 0 Å². The number of nitrogens with one attached hydrogen (secondary N) is 2. The number of carbonyl (C=O) groups is 8. The van der Waals surface area contributed by atoms with Crippen LogP contribution in [0.1, 0.15) is 245 Å². The summed E-state index contributed by atoms with van der Waals surface area (Å²) >= 11 is 0. The molecule has 4 aliphatic heterocycles. The van der Waals surface area contributed by atoms with E-state index in [4.69, 9.17) is 42.6 Å². The number of β-amino-alcohol motifs (C(OH)–C–C–N with tert-alkyl or cyclic N) is 1. The van der Waals surface area contributed by atoms with Crippen LogP contribution in [0, 0.1) is 23.2 Å². The van der Waals surface area contributed by atoms with Crippen molar-refractivity contribution in [2.45, 2.75) is 331 Å². The molecule has 644 valence electrons. The molecule has 15 unspecified atom stereocenters. The fourth-order valence-electron chi connectivity index (χ4n) is 14.3. The molecule has 13 N–H and O–H groups in total. The van der Waals surface area contributed by atoms with Gasteiger partial charge in [0.05, 0.1) is 96.5 Å². The summed E-state index contributed by atoms with van der Waals surface area (Å²) in [5, 5.41) is 115. The summed E-state index contributed by atoms with van der Waals surface area (Å²) in [4.78, 5) is 106. The van der Waals surface area contributed by atoms with Crippen LogP contribution < -0.4 is 10.6 Å². The first-order valence-corrected chi connectivity index (χ1v) is 41.5. The topological polar surface area (TPSA) is 469 Å². The quantitative estimate of drug-likeness (QED) is 0.0387. The zero-order valence-corrected chi connectivity index (χ0v) is 66.7. The zero-order chi connectivity index (χ0) is 81.4. The Bertz CT molecular complexity index is 2380. The Hall–Kier alpha value is -4.04. The summed E-state index contributed by atoms with van der Waals surface area (Å²) in [6, 6.07) is -0.339. The highest BCUT2D eigenvalue weighted by Crippen LogP contribution is 2.32. The lowest BCUT2D eigenvalue weighted by atomic mass is 9.83. The fourth-order valence-corrected chi connectivity index (χ4v) is 14.3. The Morgan fingerprint density at radius 1 is 0.360 bits per heavy atom. The average Bonchev–Trinajstić information content (AvgIpc) is 1.48. The van der Waals surface area contributed by atoms with E-state index in [9.17, 15) is 94.5 Å². The smallest absolute Gasteiger partial charge is 0.222 e. The van der Waals surface area contributed by atoms with E-state index in [-0.39, 0.29) is 183 Å². The number of Topliss-reactive ketones (excluding diaryl/α,β-unsaturated/α-hetero) is 5. The predicted octanol–water partition coefficient (Wildman–Crippen LogP) is 3.59. The van der Waals surface area contributed by atoms with Crippen LogP contribution in [0.2, 0.25) is 0 Å². The van der Waals surface area contributed by atoms with Crippen LogP contribution in [0.3, 0.4) is 0 Å². The number of nitrogens with zero attached hydrogens (tertiary/aromatic N) is 1. The van der Waals surface area contributed by atoms with Crippen molar-refractivity contribution in [2.24, 2.45) is 23.2 Å². The highest BCUT2D eigenvalue weighted by molar-refractivity contribution is 5.81. The second-order valence-corrected chi connectivity index (χ2v) is 31.2. The number of aliphatic hydroxyl groups excluding tert-OH is 11. The van der Waals surface area contributed by atoms with Crippen LogP contribution in [-0.4, -0.2) is 299 Å². The van der Waals surface area contributed by atoms with E-state index in [1.165, 1.54) is 0 Å². The zero-order valence-electron chi connectivity index (χ0n) is 66.7. The molecule has 31 nitrogen and oxygen atoms in total. The van der Waals surface area contributed by atoms with Gasteiger partial charge in [0.15, 0.2) is 18.9 Å². The van der Waals surface area contributed by atoms with Crippen molar-refractivity contribution in [3.05, 3.63) is 0 Å². The molecule has 0 aromatic rings. The normalized spacial score (nSPS) is 26.7. The van der Waals surface area contributed by atoms with E-state index < -0.39 is 123 Å². The summed E-state index contributed by atoms with van der Waals surface area (Å²) in [6.07, 6.45) is 4.86. The Labute approximate surface area is 656 Å². The van der Waals surface area contributed by atoms with Gasteiger partial charge in [-0.2, -0.15) is 0 Å². The molecular formula is C80H141N3O28. The second kappa shape index (κ2) is 57.9. The fraction of sp³-hybridized carbons (Fsp3) is 0.900. The van der Waals surface area contributed by atoms with Gasteiger partial charge in [0.2, 0.25) is 17.7 Å². The van der Waals surface area contributed by atoms with Crippen molar-refractivity contribution in [1.29, 1.82) is 0 Å². The van der Waals surface area contributed by atoms with E-state index in [0.717, 1.165) is 44.9 Å². The van der Waals surface area contributed by atoms with Gasteiger partial charge in [0.25, 0.3) is 0 Å². The summed E-state index contributed by atoms with van der Waals surface area (Å²) in [6.45, 7) is 5.02. The number of carbonyl (C=O) groups excluding carboxylic acids is 8. The molecule has 0 radical (unpaired) electrons. The summed E-state index contributed by atoms with van der Waals surface area (Å²) in [5.74, 6) is -2.00. The van der Waals surface area contributed by atoms with Gasteiger partial charge >= 0.3 is 0 Å². The van der Waals surface area contributed by atoms with Gasteiger partial charge in [-0.05, 0) is 89.9 Å². The van der Waals surface area contributed by atoms with E-state index in [2.05, 4.69) is 10.6 Å². The van der Waals surface area contributed by atoms with Crippen LogP contribution in [0.4, 0.5) is 0 Å². The minimum atomic E-state index is -1.23. The van der Waals surface area contributed by atoms with Gasteiger partial charge in [0, 0.05) is 146 Å². The molecule has 0 aromatic heterocycles. The largest absolute Gasteiger partial charge is 0.394 e. The molecular weight excluding hydrogens is 1450 g/mol. The van der Waals surface area contributed by atoms with Crippen LogP contribution in [0.15, 0.2) is 0 Å². The maximum Gasteiger partial charge on any atom is 0.222 e. The average molecular weight is 1590 g/mol. The van der Waals surface area contributed by atoms with Gasteiger partial charge < -0.3 is 114 Å². The molecule has 4 saturated heterocycles. The molecule has 111 heavy (non-hydrogen) atoms. The molecule has 4 rings (SSSR count). The van der Waals surface area contributed by atoms with Crippen molar-refractivity contribution in [2.75, 3.05) is 106 Å². The number of ether oxygens (including phenoxy) is 9. The predicted molar refractivity (Wildman–Crippen MR) is 405 cm³/mol. The van der Waals surface area contributed by atoms with Gasteiger partial charge in [0.1, 0.15) is 65.5 Å². The lowest BCUT2D eigenvalue weighted by Crippen LogP contribution is -2.55. The molecule has 4 heterocycles. The number of likely N-dealkylation sites (tertiary alicyclic amines) is 1. The molecule has 4 fully saturated rings. The van der Waals surface area contributed by atoms with Crippen molar-refractivity contribution in [1.82, 2.24) is 15.5 Å². The minimum Gasteiger partial charge on any atom is -0.394 e. The lowest BCUT2D eigenvalue weighted by Gasteiger charge is -2.40. The Morgan fingerprint density at radius 3 is 1.05 bits per heavy atom. The third-order valence-corrected chi connectivity index (χ3v) is 21.6. The number of amides is 3. The first-order chi connectivity index (χ1) is 53.4. The lowest BCUT2D eigenvalue weighted by molar-refractivity contribution is -0.282. The monoisotopic (exact) mass is 1590 g/mol. The molecule has 0 aliphatic carbocycles. The SMILES string of the molecule is CC1C(OCCCCC(=O)CCCCCC(=O)CCOCC(COCCC(=O)CCCCCC(=O)CCCCOC2OC(CO)C(O)C(O)C2C)(COCCC(=O)NCCCNC(=O)CCCCOC2OC(CO)C(O)C(O)C2C)CC(=O)CCCCCCCCCCC(=O)N2C[C@H](O)C[C@H]2CO)OC(CO)C(O)C1O. The van der Waals surface area contributed by atoms with Crippen molar-refractivity contribution < 1.29 is 137 Å². The van der Waals surface area contributed by atoms with E-state index in [1.807, 2.05) is 0 Å². The molecule has 0 saturated carbocycles. The van der Waals surface area contributed by atoms with Crippen molar-refractivity contribution in [3.8, 4) is 0 Å². The van der Waals surface area contributed by atoms with Crippen molar-refractivity contribution >= 4 is 46.6 Å². The third kappa shape index (κ3) is 39.6. The summed E-state index contributed by atoms with van der Waals surface area (Å²) in [7, 11) is 0. The van der Waals surface area contributed by atoms with Gasteiger partial charge in [-0.25, -0.2) is 0 Å². The highest BCUT2D eigenvalue weighted by atomic mass is 16.7. The van der Waals surface area contributed by atoms with Gasteiger partial charge in [-0.1, -0.05) is 72.1 Å². The first kappa shape index (κ1) is 99.3. The van der Waals surface area contributed by atoms with Crippen LogP contribution in [0.25, 0.3) is 0 Å². The highest BCUT2D eigenvalue weighted by Gasteiger charge is 2.45. The van der Waals surface area contributed by atoms with Crippen LogP contribution in [-0.2, 0) is 81.0 Å². The van der Waals surface area contributed by atoms with E-state index >= 15 is 0 Å². The van der Waals surface area contributed by atoms with Crippen LogP contribution >= 0.6 is 0 Å². The first-order valence-electron chi connectivity index (χ1n) is 41.5. The van der Waals surface area contributed by atoms with Gasteiger partial charge in [-0.3, -0.25) is 38.4 Å². The number of rotatable bonds is 66. The third-order valence-electron chi connectivity index (χ3n) is 21.6. The summed E-state index contributed by atoms with van der Waals surface area (Å²) in [5.41, 5.74) is -1.08. The van der Waals surface area contributed by atoms with Crippen molar-refractivity contribution in [3.63, 3.8) is 0 Å². The Kier molecular flexibility index (Phi) is 51.8. The maximum absolute atomic E-state index is 14.1. The molecule has 3 amide bonds. The number of aliphatic hydroxyl groups is 11. The summed E-state index contributed by atoms with van der Waals surface area (Å²) < 4.78 is 52.8. The number of hydrogen-bond donors (Lipinski definition) is 13. The molecule has 4 aliphatic rings. The Balaban J connectivity index is 1.26. The number of unbranched alkanes of at least 4 members (excludes halogenated alkanes) is 14. The number of hydrogen-bond acceptors (Lipinski definition) is 28. The minimum absolute atomic E-state index is 0.0143. The molecule has 0 spiro atoms. The second-order valence-electron chi connectivity index (χ2n) is 31.2.